The summed E-state index contributed by atoms with van der Waals surface area (Å²) in [5.74, 6) is 0. The summed E-state index contributed by atoms with van der Waals surface area (Å²) < 4.78 is 1.25. The fourth-order valence-corrected chi connectivity index (χ4v) is 2.14. The molecule has 0 saturated heterocycles. The molecule has 0 saturated carbocycles. The van der Waals surface area contributed by atoms with Gasteiger partial charge in [0, 0.05) is 0 Å². The van der Waals surface area contributed by atoms with E-state index in [1.54, 1.807) is 0 Å². The maximum Gasteiger partial charge on any atom is -0.0809 e. The molecule has 0 amide bonds. The average molecular weight is 522 g/mol. The summed E-state index contributed by atoms with van der Waals surface area (Å²) in [7, 11) is 11.1. The van der Waals surface area contributed by atoms with E-state index in [2.05, 4.69) is 84.9 Å². The van der Waals surface area contributed by atoms with Gasteiger partial charge in [0.1, 0.15) is 0 Å². The SMILES string of the molecule is C[C](C)=[Hf]([Cl])[Cl].c1ccc2[cH-]ccc2c1.c1ccc2[cH-]ccc2c1. The van der Waals surface area contributed by atoms with Gasteiger partial charge in [-0.05, 0) is 0 Å². The molecular weight excluding hydrogens is 502 g/mol. The van der Waals surface area contributed by atoms with Crippen molar-refractivity contribution in [3.05, 3.63) is 84.9 Å². The van der Waals surface area contributed by atoms with Crippen molar-refractivity contribution < 1.29 is 18.6 Å². The van der Waals surface area contributed by atoms with Crippen LogP contribution in [-0.4, -0.2) is 3.26 Å². The first-order valence-corrected chi connectivity index (χ1v) is 18.5. The molecule has 0 N–H and O–H groups in total. The molecule has 0 heterocycles. The van der Waals surface area contributed by atoms with Crippen molar-refractivity contribution >= 4 is 42.0 Å². The predicted octanol–water partition coefficient (Wildman–Crippen LogP) is 7.24. The summed E-state index contributed by atoms with van der Waals surface area (Å²) in [5.41, 5.74) is 0. The normalized spacial score (nSPS) is 9.67. The van der Waals surface area contributed by atoms with E-state index >= 15 is 0 Å². The predicted molar refractivity (Wildman–Crippen MR) is 107 cm³/mol. The molecule has 0 aromatic heterocycles. The van der Waals surface area contributed by atoms with Crippen molar-refractivity contribution in [3.63, 3.8) is 0 Å². The van der Waals surface area contributed by atoms with Gasteiger partial charge in [0.15, 0.2) is 0 Å². The van der Waals surface area contributed by atoms with E-state index in [1.807, 2.05) is 13.8 Å². The quantitative estimate of drug-likeness (QED) is 0.169. The van der Waals surface area contributed by atoms with Gasteiger partial charge in [-0.2, -0.15) is 35.0 Å². The second-order valence-corrected chi connectivity index (χ2v) is 18.8. The minimum absolute atomic E-state index is 1.25. The molecule has 0 atom stereocenters. The first-order chi connectivity index (χ1) is 11.6. The van der Waals surface area contributed by atoms with Crippen LogP contribution in [0.1, 0.15) is 13.8 Å². The smallest absolute Gasteiger partial charge is 0.0809 e. The number of halogens is 2. The Morgan fingerprint density at radius 1 is 0.708 bits per heavy atom. The molecule has 0 aliphatic rings. The van der Waals surface area contributed by atoms with E-state index in [4.69, 9.17) is 17.2 Å². The summed E-state index contributed by atoms with van der Waals surface area (Å²) in [6, 6.07) is 29.3. The van der Waals surface area contributed by atoms with Crippen LogP contribution in [0, 0.1) is 0 Å². The Balaban J connectivity index is 0.000000134. The molecule has 0 radical (unpaired) electrons. The standard InChI is InChI=1S/2C9H7.C3H6.2ClH.Hf/c2*1-2-5-9-7-3-6-8(9)4-1;1-3-2;;;/h2*1-7H;1-2H3;2*1H;/q2*-1;;;;+2/p-2. The minimum atomic E-state index is -1.97. The summed E-state index contributed by atoms with van der Waals surface area (Å²) in [4.78, 5) is 0. The molecule has 3 heteroatoms. The summed E-state index contributed by atoms with van der Waals surface area (Å²) >= 11 is -1.97. The molecule has 0 nitrogen and oxygen atoms in total. The average Bonchev–Trinajstić information content (AvgIpc) is 3.24. The number of benzene rings is 2. The molecule has 4 aromatic rings. The van der Waals surface area contributed by atoms with Crippen LogP contribution < -0.4 is 0 Å². The van der Waals surface area contributed by atoms with Gasteiger partial charge in [-0.15, -0.1) is 59.3 Å². The first kappa shape index (κ1) is 19.3. The van der Waals surface area contributed by atoms with Gasteiger partial charge in [-0.3, -0.25) is 0 Å². The second kappa shape index (κ2) is 10.1. The van der Waals surface area contributed by atoms with Crippen LogP contribution in [0.25, 0.3) is 21.5 Å². The number of rotatable bonds is 0. The van der Waals surface area contributed by atoms with E-state index in [9.17, 15) is 0 Å². The maximum absolute atomic E-state index is 5.55. The Hall–Kier alpha value is -1.02. The maximum atomic E-state index is 5.55. The van der Waals surface area contributed by atoms with Crippen LogP contribution in [0.4, 0.5) is 0 Å². The minimum Gasteiger partial charge on any atom is -0.168 e. The Morgan fingerprint density at radius 2 is 1.08 bits per heavy atom. The molecule has 0 fully saturated rings. The van der Waals surface area contributed by atoms with E-state index < -0.39 is 18.6 Å². The molecule has 4 rings (SSSR count). The zero-order valence-corrected chi connectivity index (χ0v) is 18.9. The zero-order valence-electron chi connectivity index (χ0n) is 13.8. The monoisotopic (exact) mass is 522 g/mol. The van der Waals surface area contributed by atoms with Gasteiger partial charge < -0.3 is 0 Å². The fraction of sp³-hybridized carbons (Fsp3) is 0.0952. The Labute approximate surface area is 158 Å². The fourth-order valence-electron chi connectivity index (χ4n) is 2.14. The van der Waals surface area contributed by atoms with Gasteiger partial charge in [0.25, 0.3) is 0 Å². The molecular formula is C21H20Cl2Hf-2. The van der Waals surface area contributed by atoms with Crippen molar-refractivity contribution in [2.24, 2.45) is 0 Å². The molecule has 0 spiro atoms. The van der Waals surface area contributed by atoms with Crippen molar-refractivity contribution in [1.82, 2.24) is 0 Å². The number of fused-ring (bicyclic) bond motifs is 2. The van der Waals surface area contributed by atoms with Crippen LogP contribution in [-0.2, 0) is 18.6 Å². The second-order valence-electron chi connectivity index (χ2n) is 5.57. The summed E-state index contributed by atoms with van der Waals surface area (Å²) in [6.45, 7) is 3.98. The van der Waals surface area contributed by atoms with Gasteiger partial charge in [-0.1, -0.05) is 12.1 Å². The molecule has 24 heavy (non-hydrogen) atoms. The summed E-state index contributed by atoms with van der Waals surface area (Å²) in [5, 5.41) is 5.32. The molecule has 124 valence electrons. The molecule has 0 aliphatic carbocycles. The third-order valence-corrected chi connectivity index (χ3v) is 12.4. The van der Waals surface area contributed by atoms with Crippen LogP contribution in [0.2, 0.25) is 0 Å². The van der Waals surface area contributed by atoms with E-state index in [0.29, 0.717) is 0 Å². The zero-order chi connectivity index (χ0) is 17.4. The van der Waals surface area contributed by atoms with Gasteiger partial charge in [0.2, 0.25) is 0 Å². The molecule has 0 unspecified atom stereocenters. The molecule has 0 bridgehead atoms. The Kier molecular flexibility index (Phi) is 8.11. The summed E-state index contributed by atoms with van der Waals surface area (Å²) in [6.07, 6.45) is 0. The van der Waals surface area contributed by atoms with Crippen molar-refractivity contribution in [3.8, 4) is 0 Å². The van der Waals surface area contributed by atoms with E-state index in [1.165, 1.54) is 24.8 Å². The van der Waals surface area contributed by atoms with Gasteiger partial charge in [-0.25, -0.2) is 0 Å². The largest absolute Gasteiger partial charge is 0.168 e. The molecule has 0 aliphatic heterocycles. The third kappa shape index (κ3) is 6.12. The first-order valence-electron chi connectivity index (χ1n) is 7.77. The van der Waals surface area contributed by atoms with Crippen molar-refractivity contribution in [1.29, 1.82) is 0 Å². The molecule has 4 aromatic carbocycles. The van der Waals surface area contributed by atoms with Crippen molar-refractivity contribution in [2.45, 2.75) is 13.8 Å². The topological polar surface area (TPSA) is 0 Å². The third-order valence-electron chi connectivity index (χ3n) is 3.47. The van der Waals surface area contributed by atoms with E-state index in [-0.39, 0.29) is 0 Å². The van der Waals surface area contributed by atoms with Gasteiger partial charge >= 0.3 is 52.8 Å². The van der Waals surface area contributed by atoms with E-state index in [0.717, 1.165) is 0 Å². The van der Waals surface area contributed by atoms with Crippen molar-refractivity contribution in [2.75, 3.05) is 0 Å². The van der Waals surface area contributed by atoms with Crippen LogP contribution >= 0.6 is 17.2 Å². The number of hydrogen-bond acceptors (Lipinski definition) is 0. The number of hydrogen-bond donors (Lipinski definition) is 0. The van der Waals surface area contributed by atoms with Gasteiger partial charge in [0.05, 0.1) is 0 Å². The Bertz CT molecular complexity index is 771. The Morgan fingerprint density at radius 3 is 1.42 bits per heavy atom. The van der Waals surface area contributed by atoms with Crippen LogP contribution in [0.3, 0.4) is 0 Å². The van der Waals surface area contributed by atoms with Crippen LogP contribution in [0.5, 0.6) is 0 Å². The van der Waals surface area contributed by atoms with Crippen LogP contribution in [0.15, 0.2) is 84.9 Å².